The SMILES string of the molecule is CC(C)[Si](C#CCOC[C@@H](O)CN=[N+]=[N-])(C(C)C)C(C)C.CC(C)[Si](C#CCOC[C@@H]1CO1)(C(C)C)C(C)C. The predicted molar refractivity (Wildman–Crippen MR) is 169 cm³/mol. The minimum absolute atomic E-state index is 0.0343. The molecule has 0 aliphatic carbocycles. The Hall–Kier alpha value is -1.30. The Bertz CT molecular complexity index is 815. The number of ether oxygens (including phenoxy) is 3. The summed E-state index contributed by atoms with van der Waals surface area (Å²) >= 11 is 0. The van der Waals surface area contributed by atoms with Crippen molar-refractivity contribution < 1.29 is 19.3 Å². The van der Waals surface area contributed by atoms with Crippen LogP contribution in [0.1, 0.15) is 83.1 Å². The maximum Gasteiger partial charge on any atom is 0.146 e. The molecule has 1 aliphatic heterocycles. The summed E-state index contributed by atoms with van der Waals surface area (Å²) in [6.45, 7) is 30.2. The van der Waals surface area contributed by atoms with Crippen molar-refractivity contribution in [3.8, 4) is 22.9 Å². The minimum atomic E-state index is -1.70. The van der Waals surface area contributed by atoms with Gasteiger partial charge in [0, 0.05) is 4.91 Å². The number of rotatable bonds is 14. The number of nitrogens with zero attached hydrogens (tertiary/aromatic N) is 3. The van der Waals surface area contributed by atoms with Gasteiger partial charge < -0.3 is 19.3 Å². The molecular weight excluding hydrogens is 523 g/mol. The van der Waals surface area contributed by atoms with Gasteiger partial charge in [-0.1, -0.05) is 100 Å². The lowest BCUT2D eigenvalue weighted by Gasteiger charge is -2.38. The van der Waals surface area contributed by atoms with Gasteiger partial charge in [-0.2, -0.15) is 0 Å². The van der Waals surface area contributed by atoms with Crippen LogP contribution >= 0.6 is 0 Å². The van der Waals surface area contributed by atoms with Gasteiger partial charge in [-0.15, -0.1) is 11.1 Å². The van der Waals surface area contributed by atoms with Crippen LogP contribution in [0.5, 0.6) is 0 Å². The van der Waals surface area contributed by atoms with Gasteiger partial charge in [-0.3, -0.25) is 0 Å². The molecule has 1 saturated heterocycles. The fourth-order valence-corrected chi connectivity index (χ4v) is 16.6. The van der Waals surface area contributed by atoms with Gasteiger partial charge in [0.2, 0.25) is 0 Å². The molecule has 9 heteroatoms. The predicted octanol–water partition coefficient (Wildman–Crippen LogP) is 7.52. The van der Waals surface area contributed by atoms with E-state index in [9.17, 15) is 5.11 Å². The first-order valence-corrected chi connectivity index (χ1v) is 19.1. The molecule has 1 heterocycles. The lowest BCUT2D eigenvalue weighted by molar-refractivity contribution is 0.0565. The van der Waals surface area contributed by atoms with Crippen LogP contribution in [-0.2, 0) is 14.2 Å². The van der Waals surface area contributed by atoms with E-state index in [0.29, 0.717) is 59.2 Å². The number of epoxide rings is 1. The molecule has 0 saturated carbocycles. The number of hydrogen-bond donors (Lipinski definition) is 1. The number of hydrogen-bond acceptors (Lipinski definition) is 5. The molecule has 1 N–H and O–H groups in total. The molecule has 0 aromatic heterocycles. The average Bonchev–Trinajstić information content (AvgIpc) is 3.65. The Balaban J connectivity index is 0.000000748. The van der Waals surface area contributed by atoms with E-state index in [2.05, 4.69) is 116 Å². The highest BCUT2D eigenvalue weighted by atomic mass is 28.3. The van der Waals surface area contributed by atoms with Crippen molar-refractivity contribution in [1.82, 2.24) is 0 Å². The quantitative estimate of drug-likeness (QED) is 0.0437. The van der Waals surface area contributed by atoms with Gasteiger partial charge in [0.1, 0.15) is 35.5 Å². The number of azide groups is 1. The summed E-state index contributed by atoms with van der Waals surface area (Å²) in [5.74, 6) is 6.44. The molecular formula is C30H57N3O4Si2. The van der Waals surface area contributed by atoms with Crippen molar-refractivity contribution in [2.24, 2.45) is 5.11 Å². The van der Waals surface area contributed by atoms with Crippen molar-refractivity contribution in [3.05, 3.63) is 10.4 Å². The second-order valence-electron chi connectivity index (χ2n) is 12.5. The van der Waals surface area contributed by atoms with Crippen LogP contribution in [0.3, 0.4) is 0 Å². The molecule has 0 aromatic carbocycles. The molecule has 0 radical (unpaired) electrons. The third-order valence-electron chi connectivity index (χ3n) is 8.06. The molecule has 1 rings (SSSR count). The van der Waals surface area contributed by atoms with Crippen molar-refractivity contribution in [3.63, 3.8) is 0 Å². The van der Waals surface area contributed by atoms with Gasteiger partial charge in [0.25, 0.3) is 0 Å². The number of aliphatic hydroxyl groups is 1. The maximum absolute atomic E-state index is 9.47. The summed E-state index contributed by atoms with van der Waals surface area (Å²) in [5, 5.41) is 12.8. The number of aliphatic hydroxyl groups excluding tert-OH is 1. The standard InChI is InChI=1S/C15H29N3O2Si.C15H28O2Si/c1-12(2)21(13(3)4,14(5)6)9-7-8-20-11-15(19)10-17-18-16;1-12(2)18(13(3)4,14(5)6)9-7-8-16-10-15-11-17-15/h12-15,19H,8,10-11H2,1-6H3;12-15H,8,10-11H2,1-6H3/t2*15-/m01/s1. The summed E-state index contributed by atoms with van der Waals surface area (Å²) in [5.41, 5.74) is 19.2. The van der Waals surface area contributed by atoms with Crippen molar-refractivity contribution in [2.45, 2.75) is 129 Å². The zero-order valence-electron chi connectivity index (χ0n) is 26.9. The van der Waals surface area contributed by atoms with Gasteiger partial charge >= 0.3 is 0 Å². The Labute approximate surface area is 241 Å². The van der Waals surface area contributed by atoms with E-state index < -0.39 is 22.3 Å². The Kier molecular flexibility index (Phi) is 18.3. The van der Waals surface area contributed by atoms with E-state index in [1.807, 2.05) is 0 Å². The molecule has 0 bridgehead atoms. The molecule has 7 nitrogen and oxygen atoms in total. The minimum Gasteiger partial charge on any atom is -0.391 e. The summed E-state index contributed by atoms with van der Waals surface area (Å²) in [4.78, 5) is 2.60. The Morgan fingerprint density at radius 1 is 0.795 bits per heavy atom. The maximum atomic E-state index is 9.47. The van der Waals surface area contributed by atoms with Crippen LogP contribution in [0.25, 0.3) is 10.4 Å². The van der Waals surface area contributed by atoms with Crippen molar-refractivity contribution >= 4 is 16.1 Å². The molecule has 0 unspecified atom stereocenters. The largest absolute Gasteiger partial charge is 0.391 e. The van der Waals surface area contributed by atoms with Gasteiger partial charge in [0.15, 0.2) is 0 Å². The topological polar surface area (TPSA) is 100.0 Å². The van der Waals surface area contributed by atoms with Crippen LogP contribution < -0.4 is 0 Å². The third kappa shape index (κ3) is 12.4. The zero-order chi connectivity index (χ0) is 30.2. The summed E-state index contributed by atoms with van der Waals surface area (Å²) in [6, 6.07) is 0. The molecule has 39 heavy (non-hydrogen) atoms. The molecule has 0 amide bonds. The van der Waals surface area contributed by atoms with Crippen LogP contribution in [0.2, 0.25) is 33.2 Å². The van der Waals surface area contributed by atoms with Gasteiger partial charge in [0.05, 0.1) is 32.5 Å². The highest BCUT2D eigenvalue weighted by Gasteiger charge is 2.42. The first-order valence-electron chi connectivity index (χ1n) is 14.7. The van der Waals surface area contributed by atoms with E-state index in [4.69, 9.17) is 19.7 Å². The average molecular weight is 580 g/mol. The highest BCUT2D eigenvalue weighted by Crippen LogP contribution is 2.41. The molecule has 2 atom stereocenters. The smallest absolute Gasteiger partial charge is 0.146 e. The van der Waals surface area contributed by atoms with E-state index >= 15 is 0 Å². The molecule has 0 aromatic rings. The monoisotopic (exact) mass is 579 g/mol. The lowest BCUT2D eigenvalue weighted by Crippen LogP contribution is -2.43. The second-order valence-corrected chi connectivity index (χ2v) is 23.6. The molecule has 224 valence electrons. The molecule has 1 aliphatic rings. The Morgan fingerprint density at radius 3 is 1.51 bits per heavy atom. The normalized spacial score (nSPS) is 15.9. The van der Waals surface area contributed by atoms with Crippen molar-refractivity contribution in [2.75, 3.05) is 39.6 Å². The third-order valence-corrected chi connectivity index (χ3v) is 20.7. The van der Waals surface area contributed by atoms with E-state index in [1.165, 1.54) is 0 Å². The summed E-state index contributed by atoms with van der Waals surface area (Å²) in [7, 11) is -3.26. The fourth-order valence-electron chi connectivity index (χ4n) is 6.08. The Morgan fingerprint density at radius 2 is 1.18 bits per heavy atom. The van der Waals surface area contributed by atoms with Crippen LogP contribution in [0, 0.1) is 22.9 Å². The molecule has 0 spiro atoms. The lowest BCUT2D eigenvalue weighted by atomic mass is 10.4. The summed E-state index contributed by atoms with van der Waals surface area (Å²) in [6.07, 6.45) is -0.418. The summed E-state index contributed by atoms with van der Waals surface area (Å²) < 4.78 is 16.0. The van der Waals surface area contributed by atoms with E-state index in [0.717, 1.165) is 6.61 Å². The van der Waals surface area contributed by atoms with Crippen molar-refractivity contribution in [1.29, 1.82) is 0 Å². The van der Waals surface area contributed by atoms with E-state index in [-0.39, 0.29) is 13.2 Å². The second kappa shape index (κ2) is 18.9. The zero-order valence-corrected chi connectivity index (χ0v) is 28.9. The van der Waals surface area contributed by atoms with Crippen LogP contribution in [0.15, 0.2) is 5.11 Å². The van der Waals surface area contributed by atoms with Gasteiger partial charge in [-0.25, -0.2) is 0 Å². The highest BCUT2D eigenvalue weighted by molar-refractivity contribution is 6.91. The first kappa shape index (κ1) is 37.7. The first-order chi connectivity index (χ1) is 18.2. The van der Waals surface area contributed by atoms with E-state index in [1.54, 1.807) is 0 Å². The molecule has 1 fully saturated rings. The van der Waals surface area contributed by atoms with Crippen LogP contribution in [-0.4, -0.2) is 73.0 Å². The van der Waals surface area contributed by atoms with Gasteiger partial charge in [-0.05, 0) is 38.8 Å². The fraction of sp³-hybridized carbons (Fsp3) is 0.867. The van der Waals surface area contributed by atoms with Crippen LogP contribution in [0.4, 0.5) is 0 Å².